The molecule has 0 spiro atoms. The molecular formula is C26H44O2. The zero-order valence-corrected chi connectivity index (χ0v) is 18.5. The molecule has 28 heavy (non-hydrogen) atoms. The number of unbranched alkanes of at least 4 members (excludes halogenated alkanes) is 11. The number of rotatable bonds is 17. The van der Waals surface area contributed by atoms with Gasteiger partial charge in [-0.15, -0.1) is 0 Å². The lowest BCUT2D eigenvalue weighted by Gasteiger charge is -2.03. The Morgan fingerprint density at radius 2 is 1.18 bits per heavy atom. The van der Waals surface area contributed by atoms with E-state index >= 15 is 0 Å². The second-order valence-electron chi connectivity index (χ2n) is 8.15. The highest BCUT2D eigenvalue weighted by molar-refractivity contribution is 5.27. The van der Waals surface area contributed by atoms with Crippen molar-refractivity contribution < 1.29 is 10.2 Å². The molecule has 2 heteroatoms. The van der Waals surface area contributed by atoms with Gasteiger partial charge >= 0.3 is 0 Å². The third kappa shape index (κ3) is 22.8. The van der Waals surface area contributed by atoms with E-state index in [2.05, 4.69) is 49.7 Å². The molecule has 0 aliphatic rings. The van der Waals surface area contributed by atoms with Gasteiger partial charge in [0.2, 0.25) is 0 Å². The van der Waals surface area contributed by atoms with E-state index in [1.54, 1.807) is 0 Å². The lowest BCUT2D eigenvalue weighted by atomic mass is 10.0. The van der Waals surface area contributed by atoms with Crippen LogP contribution in [0.15, 0.2) is 12.2 Å². The van der Waals surface area contributed by atoms with Gasteiger partial charge in [-0.25, -0.2) is 0 Å². The summed E-state index contributed by atoms with van der Waals surface area (Å²) >= 11 is 0. The monoisotopic (exact) mass is 388 g/mol. The van der Waals surface area contributed by atoms with E-state index in [4.69, 9.17) is 5.11 Å². The molecule has 1 atom stereocenters. The molecule has 0 aromatic rings. The first-order chi connectivity index (χ1) is 13.7. The molecule has 0 fully saturated rings. The van der Waals surface area contributed by atoms with Crippen LogP contribution in [0.3, 0.4) is 0 Å². The van der Waals surface area contributed by atoms with Gasteiger partial charge < -0.3 is 10.2 Å². The molecule has 0 bridgehead atoms. The Bertz CT molecular complexity index is 470. The van der Waals surface area contributed by atoms with Crippen molar-refractivity contribution in [1.82, 2.24) is 0 Å². The molecule has 0 aliphatic carbocycles. The van der Waals surface area contributed by atoms with Crippen molar-refractivity contribution in [3.8, 4) is 23.7 Å². The topological polar surface area (TPSA) is 40.5 Å². The Morgan fingerprint density at radius 1 is 0.679 bits per heavy atom. The average molecular weight is 389 g/mol. The van der Waals surface area contributed by atoms with Crippen LogP contribution in [0.1, 0.15) is 110 Å². The maximum absolute atomic E-state index is 9.67. The fourth-order valence-corrected chi connectivity index (χ4v) is 3.16. The van der Waals surface area contributed by atoms with Gasteiger partial charge in [0.05, 0.1) is 0 Å². The Hall–Kier alpha value is -1.22. The van der Waals surface area contributed by atoms with E-state index in [-0.39, 0.29) is 6.61 Å². The third-order valence-electron chi connectivity index (χ3n) is 4.89. The van der Waals surface area contributed by atoms with Crippen LogP contribution in [0, 0.1) is 29.6 Å². The molecule has 0 unspecified atom stereocenters. The summed E-state index contributed by atoms with van der Waals surface area (Å²) in [6.45, 7) is 4.44. The Labute approximate surface area is 175 Å². The second-order valence-corrected chi connectivity index (χ2v) is 8.15. The normalized spacial score (nSPS) is 11.9. The van der Waals surface area contributed by atoms with E-state index in [1.807, 2.05) is 0 Å². The molecule has 0 aromatic carbocycles. The van der Waals surface area contributed by atoms with Gasteiger partial charge in [-0.05, 0) is 56.3 Å². The van der Waals surface area contributed by atoms with Crippen molar-refractivity contribution in [1.29, 1.82) is 0 Å². The van der Waals surface area contributed by atoms with Gasteiger partial charge in [0.1, 0.15) is 12.7 Å². The standard InChI is InChI=1S/C26H44O2/c1-25(2)21-17-14-12-10-8-6-4-3-5-7-9-11-13-15-18-22-26(28)23-19-16-20-24-27/h4,6,25-28H,3,5,7-15,17-18,21-22,24H2,1-2H3/b6-4-/t26-/m1/s1. The van der Waals surface area contributed by atoms with Crippen LogP contribution in [0.5, 0.6) is 0 Å². The van der Waals surface area contributed by atoms with Gasteiger partial charge in [0, 0.05) is 0 Å². The predicted octanol–water partition coefficient (Wildman–Crippen LogP) is 6.41. The SMILES string of the molecule is CC(C)CCCCCC/C=C\CCCCCCCCC[C@@H](O)C#CC#CCO. The lowest BCUT2D eigenvalue weighted by Crippen LogP contribution is -2.01. The minimum absolute atomic E-state index is 0.181. The Kier molecular flexibility index (Phi) is 21.1. The van der Waals surface area contributed by atoms with Crippen LogP contribution >= 0.6 is 0 Å². The van der Waals surface area contributed by atoms with Crippen LogP contribution in [0.2, 0.25) is 0 Å². The van der Waals surface area contributed by atoms with Gasteiger partial charge in [-0.2, -0.15) is 0 Å². The average Bonchev–Trinajstić information content (AvgIpc) is 2.67. The minimum atomic E-state index is -0.584. The molecule has 0 saturated heterocycles. The van der Waals surface area contributed by atoms with Gasteiger partial charge in [0.25, 0.3) is 0 Å². The maximum atomic E-state index is 9.67. The van der Waals surface area contributed by atoms with Gasteiger partial charge in [-0.3, -0.25) is 0 Å². The van der Waals surface area contributed by atoms with Crippen LogP contribution in [0.4, 0.5) is 0 Å². The zero-order valence-electron chi connectivity index (χ0n) is 18.5. The first-order valence-electron chi connectivity index (χ1n) is 11.6. The maximum Gasteiger partial charge on any atom is 0.115 e. The summed E-state index contributed by atoms with van der Waals surface area (Å²) in [4.78, 5) is 0. The van der Waals surface area contributed by atoms with Crippen molar-refractivity contribution in [2.24, 2.45) is 5.92 Å². The van der Waals surface area contributed by atoms with Crippen LogP contribution in [0.25, 0.3) is 0 Å². The molecule has 0 heterocycles. The second kappa shape index (κ2) is 22.1. The van der Waals surface area contributed by atoms with Crippen LogP contribution < -0.4 is 0 Å². The highest BCUT2D eigenvalue weighted by atomic mass is 16.3. The van der Waals surface area contributed by atoms with E-state index in [0.717, 1.165) is 25.2 Å². The Morgan fingerprint density at radius 3 is 1.71 bits per heavy atom. The molecule has 0 amide bonds. The summed E-state index contributed by atoms with van der Waals surface area (Å²) in [6, 6.07) is 0. The fraction of sp³-hybridized carbons (Fsp3) is 0.769. The van der Waals surface area contributed by atoms with Crippen molar-refractivity contribution in [3.63, 3.8) is 0 Å². The van der Waals surface area contributed by atoms with Crippen molar-refractivity contribution in [2.45, 2.75) is 116 Å². The number of allylic oxidation sites excluding steroid dienone is 2. The van der Waals surface area contributed by atoms with Crippen LogP contribution in [-0.4, -0.2) is 22.9 Å². The fourth-order valence-electron chi connectivity index (χ4n) is 3.16. The number of aliphatic hydroxyl groups excluding tert-OH is 2. The predicted molar refractivity (Wildman–Crippen MR) is 122 cm³/mol. The Balaban J connectivity index is 3.27. The van der Waals surface area contributed by atoms with E-state index < -0.39 is 6.10 Å². The molecule has 2 nitrogen and oxygen atoms in total. The highest BCUT2D eigenvalue weighted by Gasteiger charge is 1.98. The number of aliphatic hydroxyl groups is 2. The zero-order chi connectivity index (χ0) is 20.7. The van der Waals surface area contributed by atoms with Gasteiger partial charge in [-0.1, -0.05) is 95.6 Å². The molecule has 0 aromatic heterocycles. The minimum Gasteiger partial charge on any atom is -0.384 e. The van der Waals surface area contributed by atoms with Crippen molar-refractivity contribution >= 4 is 0 Å². The lowest BCUT2D eigenvalue weighted by molar-refractivity contribution is 0.217. The van der Waals surface area contributed by atoms with Gasteiger partial charge in [0.15, 0.2) is 0 Å². The smallest absolute Gasteiger partial charge is 0.115 e. The number of hydrogen-bond acceptors (Lipinski definition) is 2. The van der Waals surface area contributed by atoms with E-state index in [0.29, 0.717) is 0 Å². The molecule has 0 rings (SSSR count). The summed E-state index contributed by atoms with van der Waals surface area (Å²) in [5.74, 6) is 11.1. The molecule has 0 saturated carbocycles. The first-order valence-corrected chi connectivity index (χ1v) is 11.6. The first kappa shape index (κ1) is 26.8. The molecular weight excluding hydrogens is 344 g/mol. The molecule has 160 valence electrons. The highest BCUT2D eigenvalue weighted by Crippen LogP contribution is 2.12. The summed E-state index contributed by atoms with van der Waals surface area (Å²) < 4.78 is 0. The van der Waals surface area contributed by atoms with Crippen molar-refractivity contribution in [3.05, 3.63) is 12.2 Å². The van der Waals surface area contributed by atoms with Crippen LogP contribution in [-0.2, 0) is 0 Å². The largest absolute Gasteiger partial charge is 0.384 e. The van der Waals surface area contributed by atoms with E-state index in [9.17, 15) is 5.11 Å². The summed E-state index contributed by atoms with van der Waals surface area (Å²) in [6.07, 6.45) is 23.0. The third-order valence-corrected chi connectivity index (χ3v) is 4.89. The van der Waals surface area contributed by atoms with Crippen molar-refractivity contribution in [2.75, 3.05) is 6.61 Å². The quantitative estimate of drug-likeness (QED) is 0.172. The molecule has 2 N–H and O–H groups in total. The summed E-state index contributed by atoms with van der Waals surface area (Å²) in [7, 11) is 0. The molecule has 0 aliphatic heterocycles. The summed E-state index contributed by atoms with van der Waals surface area (Å²) in [5.41, 5.74) is 0. The summed E-state index contributed by atoms with van der Waals surface area (Å²) in [5, 5.41) is 18.2. The molecule has 0 radical (unpaired) electrons. The van der Waals surface area contributed by atoms with E-state index in [1.165, 1.54) is 77.0 Å². The number of hydrogen-bond donors (Lipinski definition) is 2.